The van der Waals surface area contributed by atoms with Gasteiger partial charge in [0.05, 0.1) is 12.1 Å². The highest BCUT2D eigenvalue weighted by Gasteiger charge is 2.40. The Morgan fingerprint density at radius 2 is 1.83 bits per heavy atom. The molecule has 1 saturated carbocycles. The molecule has 2 saturated heterocycles. The van der Waals surface area contributed by atoms with Crippen molar-refractivity contribution in [3.63, 3.8) is 0 Å². The monoisotopic (exact) mass is 654 g/mol. The zero-order chi connectivity index (χ0) is 33.7. The zero-order valence-corrected chi connectivity index (χ0v) is 27.0. The maximum atomic E-state index is 13.4. The van der Waals surface area contributed by atoms with Gasteiger partial charge in [0, 0.05) is 63.0 Å². The highest BCUT2D eigenvalue weighted by molar-refractivity contribution is 6.10. The van der Waals surface area contributed by atoms with Crippen molar-refractivity contribution in [1.29, 1.82) is 5.26 Å². The Bertz CT molecular complexity index is 1550. The number of halogens is 4. The molecule has 3 aliphatic heterocycles. The lowest BCUT2D eigenvalue weighted by Crippen LogP contribution is -2.35. The number of nitriles is 1. The summed E-state index contributed by atoms with van der Waals surface area (Å²) in [5, 5.41) is 19.4. The lowest BCUT2D eigenvalue weighted by Gasteiger charge is -2.31. The van der Waals surface area contributed by atoms with Gasteiger partial charge < -0.3 is 19.7 Å². The number of likely N-dealkylation sites (tertiary alicyclic amines) is 2. The highest BCUT2D eigenvalue weighted by atomic mass is 19.4. The second-order valence-corrected chi connectivity index (χ2v) is 12.9. The first-order valence-electron chi connectivity index (χ1n) is 16.1. The summed E-state index contributed by atoms with van der Waals surface area (Å²) in [7, 11) is 3.66. The number of rotatable bonds is 5. The summed E-state index contributed by atoms with van der Waals surface area (Å²) in [4.78, 5) is 17.9. The molecule has 2 unspecified atom stereocenters. The molecule has 2 aromatic carbocycles. The van der Waals surface area contributed by atoms with Crippen molar-refractivity contribution < 1.29 is 22.4 Å². The lowest BCUT2D eigenvalue weighted by atomic mass is 9.76. The molecule has 0 spiro atoms. The van der Waals surface area contributed by atoms with Gasteiger partial charge in [0.15, 0.2) is 6.19 Å². The number of carbonyl (C=O) groups excluding carboxylic acids is 1. The normalized spacial score (nSPS) is 23.7. The molecule has 4 heterocycles. The Morgan fingerprint density at radius 3 is 2.38 bits per heavy atom. The van der Waals surface area contributed by atoms with Gasteiger partial charge in [-0.1, -0.05) is 25.1 Å². The fourth-order valence-corrected chi connectivity index (χ4v) is 6.82. The standard InChI is InChI=1S/C17H15F3N2O.C9H14FN3.C8H13N3/c1-21-9-11-7-13-14(15(8-11)17(18,19)20)10-22(16(13)23)12-5-3-2-4-6-12;10-8-1-4-13(5-8)9-2-3-12(6-9)7-11;1-6-3-7(4-6)8-10-9-5-11(8)2/h2-8,21H,9-10H2,1H3;8-9H,1-6H2;5-7H,3-4H2,1-2H3. The quantitative estimate of drug-likeness (QED) is 0.287. The van der Waals surface area contributed by atoms with Crippen molar-refractivity contribution in [2.45, 2.75) is 70.0 Å². The van der Waals surface area contributed by atoms with Gasteiger partial charge in [-0.2, -0.15) is 18.4 Å². The Labute approximate surface area is 273 Å². The van der Waals surface area contributed by atoms with Crippen LogP contribution in [0.2, 0.25) is 0 Å². The summed E-state index contributed by atoms with van der Waals surface area (Å²) in [6.07, 6.45) is 3.04. The maximum Gasteiger partial charge on any atom is 0.416 e. The number of hydrogen-bond donors (Lipinski definition) is 1. The van der Waals surface area contributed by atoms with Crippen LogP contribution in [0.1, 0.15) is 71.4 Å². The number of amides is 1. The van der Waals surface area contributed by atoms with Gasteiger partial charge in [-0.05, 0) is 74.0 Å². The van der Waals surface area contributed by atoms with E-state index in [4.69, 9.17) is 5.26 Å². The number of carbonyl (C=O) groups is 1. The average molecular weight is 655 g/mol. The Kier molecular flexibility index (Phi) is 10.8. The molecule has 0 bridgehead atoms. The van der Waals surface area contributed by atoms with Crippen LogP contribution in [0.25, 0.3) is 0 Å². The number of anilines is 1. The molecule has 252 valence electrons. The second-order valence-electron chi connectivity index (χ2n) is 12.9. The smallest absolute Gasteiger partial charge is 0.320 e. The molecule has 1 N–H and O–H groups in total. The van der Waals surface area contributed by atoms with Crippen molar-refractivity contribution in [2.24, 2.45) is 13.0 Å². The summed E-state index contributed by atoms with van der Waals surface area (Å²) in [5.74, 6) is 2.33. The largest absolute Gasteiger partial charge is 0.416 e. The van der Waals surface area contributed by atoms with E-state index in [0.717, 1.165) is 43.9 Å². The van der Waals surface area contributed by atoms with E-state index >= 15 is 0 Å². The van der Waals surface area contributed by atoms with Crippen LogP contribution in [-0.4, -0.2) is 75.9 Å². The summed E-state index contributed by atoms with van der Waals surface area (Å²) in [6.45, 7) is 5.57. The van der Waals surface area contributed by atoms with Crippen LogP contribution in [0.4, 0.5) is 23.2 Å². The topological polar surface area (TPSA) is 93.3 Å². The molecule has 13 heteroatoms. The van der Waals surface area contributed by atoms with Crippen LogP contribution >= 0.6 is 0 Å². The number of hydrogen-bond acceptors (Lipinski definition) is 7. The van der Waals surface area contributed by atoms with Crippen molar-refractivity contribution in [3.8, 4) is 6.19 Å². The molecule has 3 fully saturated rings. The van der Waals surface area contributed by atoms with Gasteiger partial charge in [0.25, 0.3) is 5.91 Å². The summed E-state index contributed by atoms with van der Waals surface area (Å²) in [5.41, 5.74) is 0.492. The molecule has 1 aliphatic carbocycles. The Balaban J connectivity index is 0.000000152. The average Bonchev–Trinajstić information content (AvgIpc) is 3.84. The first-order chi connectivity index (χ1) is 22.5. The Hall–Kier alpha value is -4.02. The molecular formula is C34H42F4N8O. The lowest BCUT2D eigenvalue weighted by molar-refractivity contribution is -0.138. The third-order valence-electron chi connectivity index (χ3n) is 9.32. The predicted octanol–water partition coefficient (Wildman–Crippen LogP) is 5.50. The van der Waals surface area contributed by atoms with E-state index in [2.05, 4.69) is 33.5 Å². The van der Waals surface area contributed by atoms with Gasteiger partial charge in [-0.25, -0.2) is 4.39 Å². The van der Waals surface area contributed by atoms with Crippen LogP contribution in [-0.2, 0) is 26.3 Å². The first kappa shape index (κ1) is 34.3. The van der Waals surface area contributed by atoms with E-state index < -0.39 is 23.8 Å². The van der Waals surface area contributed by atoms with E-state index in [1.165, 1.54) is 17.7 Å². The number of benzene rings is 2. The number of nitrogens with one attached hydrogen (secondary N) is 1. The van der Waals surface area contributed by atoms with Crippen LogP contribution < -0.4 is 10.2 Å². The van der Waals surface area contributed by atoms with Crippen LogP contribution in [0.5, 0.6) is 0 Å². The van der Waals surface area contributed by atoms with Crippen molar-refractivity contribution in [2.75, 3.05) is 38.1 Å². The minimum Gasteiger partial charge on any atom is -0.320 e. The van der Waals surface area contributed by atoms with Gasteiger partial charge in [0.1, 0.15) is 18.3 Å². The third-order valence-corrected chi connectivity index (χ3v) is 9.32. The van der Waals surface area contributed by atoms with Crippen molar-refractivity contribution in [3.05, 3.63) is 76.9 Å². The molecule has 2 atom stereocenters. The fraction of sp³-hybridized carbons (Fsp3) is 0.529. The van der Waals surface area contributed by atoms with E-state index in [9.17, 15) is 22.4 Å². The van der Waals surface area contributed by atoms with E-state index in [1.807, 2.05) is 11.6 Å². The van der Waals surface area contributed by atoms with Gasteiger partial charge in [-0.15, -0.1) is 10.2 Å². The molecular weight excluding hydrogens is 612 g/mol. The van der Waals surface area contributed by atoms with Gasteiger partial charge in [0.2, 0.25) is 0 Å². The maximum absolute atomic E-state index is 13.4. The second kappa shape index (κ2) is 14.8. The predicted molar refractivity (Wildman–Crippen MR) is 170 cm³/mol. The summed E-state index contributed by atoms with van der Waals surface area (Å²) in [6, 6.07) is 11.8. The van der Waals surface area contributed by atoms with Crippen molar-refractivity contribution in [1.82, 2.24) is 29.9 Å². The van der Waals surface area contributed by atoms with Crippen molar-refractivity contribution >= 4 is 11.6 Å². The minimum atomic E-state index is -4.49. The van der Waals surface area contributed by atoms with E-state index in [1.54, 1.807) is 54.7 Å². The highest BCUT2D eigenvalue weighted by Crippen LogP contribution is 2.40. The molecule has 9 nitrogen and oxygen atoms in total. The number of para-hydroxylation sites is 1. The number of aryl methyl sites for hydroxylation is 1. The SMILES string of the molecule is CC1CC(c2nncn2C)C1.CNCc1cc2c(c(C(F)(F)F)c1)CN(c1ccccc1)C2=O.N#CN1CCC(N2CCC(F)C2)C1. The number of aromatic nitrogens is 3. The molecule has 4 aliphatic rings. The first-order valence-corrected chi connectivity index (χ1v) is 16.1. The zero-order valence-electron chi connectivity index (χ0n) is 27.0. The van der Waals surface area contributed by atoms with Crippen LogP contribution in [0.3, 0.4) is 0 Å². The van der Waals surface area contributed by atoms with E-state index in [0.29, 0.717) is 36.2 Å². The Morgan fingerprint density at radius 1 is 1.09 bits per heavy atom. The van der Waals surface area contributed by atoms with Crippen LogP contribution in [0.15, 0.2) is 48.8 Å². The number of fused-ring (bicyclic) bond motifs is 1. The summed E-state index contributed by atoms with van der Waals surface area (Å²) >= 11 is 0. The molecule has 47 heavy (non-hydrogen) atoms. The minimum absolute atomic E-state index is 0.0474. The third kappa shape index (κ3) is 8.11. The van der Waals surface area contributed by atoms with E-state index in [-0.39, 0.29) is 24.2 Å². The number of alkyl halides is 4. The van der Waals surface area contributed by atoms with Gasteiger partial charge in [-0.3, -0.25) is 9.69 Å². The molecule has 3 aromatic rings. The summed E-state index contributed by atoms with van der Waals surface area (Å²) < 4.78 is 55.0. The van der Waals surface area contributed by atoms with Crippen LogP contribution in [0, 0.1) is 17.4 Å². The van der Waals surface area contributed by atoms with Gasteiger partial charge >= 0.3 is 6.18 Å². The molecule has 1 aromatic heterocycles. The fourth-order valence-electron chi connectivity index (χ4n) is 6.82. The molecule has 0 radical (unpaired) electrons. The number of nitrogens with zero attached hydrogens (tertiary/aromatic N) is 7. The molecule has 7 rings (SSSR count). The molecule has 1 amide bonds.